The minimum Gasteiger partial charge on any atom is -0.481 e. The van der Waals surface area contributed by atoms with Crippen molar-refractivity contribution in [2.24, 2.45) is 5.92 Å². The molecule has 0 bridgehead atoms. The van der Waals surface area contributed by atoms with Gasteiger partial charge in [-0.1, -0.05) is 6.92 Å². The second kappa shape index (κ2) is 6.46. The maximum atomic E-state index is 12.6. The molecule has 2 fully saturated rings. The summed E-state index contributed by atoms with van der Waals surface area (Å²) in [4.78, 5) is 27.2. The van der Waals surface area contributed by atoms with E-state index in [-0.39, 0.29) is 12.5 Å². The second-order valence-corrected chi connectivity index (χ2v) is 6.21. The smallest absolute Gasteiger partial charge is 0.320 e. The molecule has 20 heavy (non-hydrogen) atoms. The Morgan fingerprint density at radius 2 is 2.00 bits per heavy atom. The number of aliphatic carboxylic acids is 1. The molecule has 0 saturated carbocycles. The molecule has 0 aromatic rings. The van der Waals surface area contributed by atoms with Crippen LogP contribution in [0.2, 0.25) is 0 Å². The molecular weight excluding hydrogens is 256 g/mol. The molecule has 0 aliphatic carbocycles. The van der Waals surface area contributed by atoms with Gasteiger partial charge in [-0.15, -0.1) is 0 Å². The maximum absolute atomic E-state index is 12.6. The lowest BCUT2D eigenvalue weighted by Gasteiger charge is -2.32. The van der Waals surface area contributed by atoms with E-state index in [4.69, 9.17) is 5.11 Å². The fourth-order valence-electron chi connectivity index (χ4n) is 3.55. The van der Waals surface area contributed by atoms with Gasteiger partial charge in [-0.2, -0.15) is 0 Å². The molecular formula is C15H26N2O3. The average molecular weight is 282 g/mol. The molecule has 2 aliphatic heterocycles. The fraction of sp³-hybridized carbons (Fsp3) is 0.867. The Hall–Kier alpha value is -1.26. The number of rotatable bonds is 4. The van der Waals surface area contributed by atoms with Crippen LogP contribution in [0.1, 0.15) is 52.4 Å². The first-order valence-electron chi connectivity index (χ1n) is 7.82. The van der Waals surface area contributed by atoms with Gasteiger partial charge >= 0.3 is 12.0 Å². The van der Waals surface area contributed by atoms with Crippen molar-refractivity contribution in [2.45, 2.75) is 64.5 Å². The van der Waals surface area contributed by atoms with Crippen LogP contribution in [0.5, 0.6) is 0 Å². The fourth-order valence-corrected chi connectivity index (χ4v) is 3.55. The number of hydrogen-bond acceptors (Lipinski definition) is 2. The van der Waals surface area contributed by atoms with Crippen LogP contribution >= 0.6 is 0 Å². The van der Waals surface area contributed by atoms with Crippen LogP contribution in [0.3, 0.4) is 0 Å². The van der Waals surface area contributed by atoms with Gasteiger partial charge in [-0.05, 0) is 44.9 Å². The third-order valence-corrected chi connectivity index (χ3v) is 4.80. The number of urea groups is 1. The average Bonchev–Trinajstić information content (AvgIpc) is 3.02. The predicted molar refractivity (Wildman–Crippen MR) is 76.6 cm³/mol. The lowest BCUT2D eigenvalue weighted by molar-refractivity contribution is -0.137. The van der Waals surface area contributed by atoms with E-state index in [0.29, 0.717) is 24.4 Å². The molecule has 5 heteroatoms. The van der Waals surface area contributed by atoms with Crippen molar-refractivity contribution in [3.63, 3.8) is 0 Å². The Balaban J connectivity index is 1.89. The minimum absolute atomic E-state index is 0.166. The van der Waals surface area contributed by atoms with E-state index in [9.17, 15) is 9.59 Å². The molecule has 3 unspecified atom stereocenters. The minimum atomic E-state index is -0.742. The highest BCUT2D eigenvalue weighted by atomic mass is 16.4. The van der Waals surface area contributed by atoms with Gasteiger partial charge in [0.15, 0.2) is 0 Å². The zero-order valence-electron chi connectivity index (χ0n) is 12.5. The van der Waals surface area contributed by atoms with Crippen molar-refractivity contribution < 1.29 is 14.7 Å². The molecule has 0 spiro atoms. The maximum Gasteiger partial charge on any atom is 0.320 e. The van der Waals surface area contributed by atoms with Crippen molar-refractivity contribution in [1.82, 2.24) is 9.80 Å². The number of carbonyl (C=O) groups is 2. The topological polar surface area (TPSA) is 60.9 Å². The Morgan fingerprint density at radius 1 is 1.25 bits per heavy atom. The summed E-state index contributed by atoms with van der Waals surface area (Å²) in [6, 6.07) is 0.890. The normalized spacial score (nSPS) is 30.0. The molecule has 0 radical (unpaired) electrons. The van der Waals surface area contributed by atoms with E-state index in [1.807, 2.05) is 4.90 Å². The molecule has 2 aliphatic rings. The van der Waals surface area contributed by atoms with E-state index in [1.165, 1.54) is 0 Å². The molecule has 2 heterocycles. The largest absolute Gasteiger partial charge is 0.481 e. The first-order chi connectivity index (χ1) is 9.52. The van der Waals surface area contributed by atoms with Crippen LogP contribution < -0.4 is 0 Å². The molecule has 1 N–H and O–H groups in total. The molecule has 2 amide bonds. The first-order valence-corrected chi connectivity index (χ1v) is 7.82. The van der Waals surface area contributed by atoms with Crippen molar-refractivity contribution in [3.05, 3.63) is 0 Å². The Labute approximate surface area is 120 Å². The summed E-state index contributed by atoms with van der Waals surface area (Å²) in [5.74, 6) is -0.387. The van der Waals surface area contributed by atoms with Crippen LogP contribution in [0.25, 0.3) is 0 Å². The van der Waals surface area contributed by atoms with Crippen molar-refractivity contribution in [2.75, 3.05) is 13.1 Å². The molecule has 2 saturated heterocycles. The zero-order valence-corrected chi connectivity index (χ0v) is 12.5. The van der Waals surface area contributed by atoms with Crippen molar-refractivity contribution in [3.8, 4) is 0 Å². The van der Waals surface area contributed by atoms with Crippen LogP contribution in [0.15, 0.2) is 0 Å². The predicted octanol–water partition coefficient (Wildman–Crippen LogP) is 2.56. The van der Waals surface area contributed by atoms with E-state index in [0.717, 1.165) is 38.8 Å². The number of carbonyl (C=O) groups excluding carboxylic acids is 1. The first kappa shape index (κ1) is 15.1. The quantitative estimate of drug-likeness (QED) is 0.862. The van der Waals surface area contributed by atoms with E-state index in [2.05, 4.69) is 18.7 Å². The summed E-state index contributed by atoms with van der Waals surface area (Å²) in [5, 5.41) is 8.73. The van der Waals surface area contributed by atoms with Gasteiger partial charge in [-0.3, -0.25) is 4.79 Å². The zero-order chi connectivity index (χ0) is 14.7. The van der Waals surface area contributed by atoms with Gasteiger partial charge in [0, 0.05) is 31.6 Å². The summed E-state index contributed by atoms with van der Waals surface area (Å²) in [6.07, 6.45) is 5.07. The van der Waals surface area contributed by atoms with E-state index >= 15 is 0 Å². The lowest BCUT2D eigenvalue weighted by atomic mass is 10.0. The molecule has 5 nitrogen and oxygen atoms in total. The summed E-state index contributed by atoms with van der Waals surface area (Å²) in [7, 11) is 0. The van der Waals surface area contributed by atoms with Gasteiger partial charge in [0.05, 0.1) is 0 Å². The molecule has 2 rings (SSSR count). The standard InChI is InChI=1S/C15H26N2O3/c1-3-13-6-4-11(2)17(13)15(20)16-9-8-12(10-16)5-7-14(18)19/h11-13H,3-10H2,1-2H3,(H,18,19). The van der Waals surface area contributed by atoms with Gasteiger partial charge in [0.1, 0.15) is 0 Å². The molecule has 114 valence electrons. The number of carboxylic acid groups (broad SMARTS) is 1. The second-order valence-electron chi connectivity index (χ2n) is 6.21. The van der Waals surface area contributed by atoms with E-state index < -0.39 is 5.97 Å². The summed E-state index contributed by atoms with van der Waals surface area (Å²) >= 11 is 0. The Kier molecular flexibility index (Phi) is 4.89. The monoisotopic (exact) mass is 282 g/mol. The third-order valence-electron chi connectivity index (χ3n) is 4.80. The van der Waals surface area contributed by atoms with Crippen LogP contribution in [0, 0.1) is 5.92 Å². The van der Waals surface area contributed by atoms with E-state index in [1.54, 1.807) is 0 Å². The van der Waals surface area contributed by atoms with Gasteiger partial charge < -0.3 is 14.9 Å². The van der Waals surface area contributed by atoms with Crippen molar-refractivity contribution >= 4 is 12.0 Å². The number of likely N-dealkylation sites (tertiary alicyclic amines) is 2. The summed E-state index contributed by atoms with van der Waals surface area (Å²) < 4.78 is 0. The number of amides is 2. The summed E-state index contributed by atoms with van der Waals surface area (Å²) in [5.41, 5.74) is 0. The third kappa shape index (κ3) is 3.25. The Bertz CT molecular complexity index is 372. The molecule has 3 atom stereocenters. The number of carboxylic acids is 1. The highest BCUT2D eigenvalue weighted by Crippen LogP contribution is 2.29. The highest BCUT2D eigenvalue weighted by molar-refractivity contribution is 5.76. The number of hydrogen-bond donors (Lipinski definition) is 1. The lowest BCUT2D eigenvalue weighted by Crippen LogP contribution is -2.47. The van der Waals surface area contributed by atoms with Gasteiger partial charge in [0.25, 0.3) is 0 Å². The van der Waals surface area contributed by atoms with Gasteiger partial charge in [-0.25, -0.2) is 4.79 Å². The van der Waals surface area contributed by atoms with Crippen molar-refractivity contribution in [1.29, 1.82) is 0 Å². The number of nitrogens with zero attached hydrogens (tertiary/aromatic N) is 2. The molecule has 0 aromatic heterocycles. The van der Waals surface area contributed by atoms with Crippen LogP contribution in [0.4, 0.5) is 4.79 Å². The van der Waals surface area contributed by atoms with Crippen LogP contribution in [-0.2, 0) is 4.79 Å². The molecule has 0 aromatic carbocycles. The highest BCUT2D eigenvalue weighted by Gasteiger charge is 2.37. The van der Waals surface area contributed by atoms with Gasteiger partial charge in [0.2, 0.25) is 0 Å². The Morgan fingerprint density at radius 3 is 2.65 bits per heavy atom. The summed E-state index contributed by atoms with van der Waals surface area (Å²) in [6.45, 7) is 5.78. The van der Waals surface area contributed by atoms with Crippen LogP contribution in [-0.4, -0.2) is 52.1 Å². The SMILES string of the molecule is CCC1CCC(C)N1C(=O)N1CCC(CCC(=O)O)C1.